The second-order valence-electron chi connectivity index (χ2n) is 3.95. The molecule has 0 spiro atoms. The Bertz CT molecular complexity index is 501. The highest BCUT2D eigenvalue weighted by molar-refractivity contribution is 5.66. The number of hydrogen-bond donors (Lipinski definition) is 2. The van der Waals surface area contributed by atoms with Gasteiger partial charge in [-0.2, -0.15) is 5.10 Å². The molecule has 0 saturated carbocycles. The molecule has 4 nitrogen and oxygen atoms in total. The van der Waals surface area contributed by atoms with Crippen molar-refractivity contribution in [1.29, 1.82) is 0 Å². The maximum absolute atomic E-state index is 5.66. The van der Waals surface area contributed by atoms with Crippen molar-refractivity contribution in [3.8, 4) is 11.3 Å². The molecule has 16 heavy (non-hydrogen) atoms. The molecule has 3 rings (SSSR count). The first-order chi connectivity index (χ1) is 7.84. The van der Waals surface area contributed by atoms with Crippen LogP contribution in [0.5, 0.6) is 0 Å². The predicted octanol–water partition coefficient (Wildman–Crippen LogP) is 1.73. The molecular formula is C12H13N3O. The molecule has 4 heteroatoms. The second kappa shape index (κ2) is 3.64. The van der Waals surface area contributed by atoms with Crippen molar-refractivity contribution in [1.82, 2.24) is 10.2 Å². The number of ether oxygens (including phenoxy) is 1. The number of benzene rings is 1. The second-order valence-corrected chi connectivity index (χ2v) is 3.95. The molecule has 0 amide bonds. The normalized spacial score (nSPS) is 14.8. The van der Waals surface area contributed by atoms with Gasteiger partial charge in [0.2, 0.25) is 0 Å². The topological polar surface area (TPSA) is 63.9 Å². The lowest BCUT2D eigenvalue weighted by Gasteiger charge is -2.12. The maximum Gasteiger partial charge on any atom is 0.0978 e. The van der Waals surface area contributed by atoms with E-state index in [9.17, 15) is 0 Å². The van der Waals surface area contributed by atoms with Gasteiger partial charge in [-0.25, -0.2) is 0 Å². The third kappa shape index (κ3) is 1.47. The highest BCUT2D eigenvalue weighted by Gasteiger charge is 2.17. The summed E-state index contributed by atoms with van der Waals surface area (Å²) in [6, 6.07) is 7.75. The molecule has 2 aromatic rings. The maximum atomic E-state index is 5.66. The fraction of sp³-hybridized carbons (Fsp3) is 0.250. The minimum Gasteiger partial charge on any atom is -0.399 e. The van der Waals surface area contributed by atoms with Crippen LogP contribution in [0.4, 0.5) is 5.69 Å². The van der Waals surface area contributed by atoms with Gasteiger partial charge >= 0.3 is 0 Å². The van der Waals surface area contributed by atoms with Crippen LogP contribution in [0, 0.1) is 0 Å². The molecular weight excluding hydrogens is 202 g/mol. The number of fused-ring (bicyclic) bond motifs is 1. The summed E-state index contributed by atoms with van der Waals surface area (Å²) in [7, 11) is 0. The average Bonchev–Trinajstić information content (AvgIpc) is 2.74. The fourth-order valence-corrected chi connectivity index (χ4v) is 1.99. The lowest BCUT2D eigenvalue weighted by atomic mass is 10.0. The summed E-state index contributed by atoms with van der Waals surface area (Å²) in [5, 5.41) is 7.43. The van der Waals surface area contributed by atoms with Crippen LogP contribution in [-0.4, -0.2) is 16.8 Å². The van der Waals surface area contributed by atoms with Crippen LogP contribution in [0.3, 0.4) is 0 Å². The van der Waals surface area contributed by atoms with Gasteiger partial charge in [-0.15, -0.1) is 0 Å². The Morgan fingerprint density at radius 3 is 2.88 bits per heavy atom. The zero-order valence-electron chi connectivity index (χ0n) is 8.86. The average molecular weight is 215 g/mol. The Hall–Kier alpha value is -1.81. The van der Waals surface area contributed by atoms with Gasteiger partial charge < -0.3 is 10.5 Å². The number of hydrogen-bond acceptors (Lipinski definition) is 3. The number of aromatic nitrogens is 2. The molecule has 0 radical (unpaired) electrons. The van der Waals surface area contributed by atoms with Crippen molar-refractivity contribution in [2.75, 3.05) is 12.3 Å². The van der Waals surface area contributed by atoms with E-state index >= 15 is 0 Å². The van der Waals surface area contributed by atoms with Crippen LogP contribution < -0.4 is 5.73 Å². The van der Waals surface area contributed by atoms with Gasteiger partial charge in [0.15, 0.2) is 0 Å². The number of nitrogen functional groups attached to an aromatic ring is 1. The SMILES string of the molecule is Nc1ccc(-c2n[nH]c3c2COCC3)cc1. The molecule has 1 aromatic carbocycles. The molecule has 0 saturated heterocycles. The summed E-state index contributed by atoms with van der Waals surface area (Å²) in [6.07, 6.45) is 0.914. The first-order valence-corrected chi connectivity index (χ1v) is 5.34. The standard InChI is InChI=1S/C12H13N3O/c13-9-3-1-8(2-4-9)12-10-7-16-6-5-11(10)14-15-12/h1-4H,5-7,13H2,(H,14,15). The van der Waals surface area contributed by atoms with Crippen LogP contribution in [0.25, 0.3) is 11.3 Å². The van der Waals surface area contributed by atoms with Crippen LogP contribution in [0.1, 0.15) is 11.3 Å². The monoisotopic (exact) mass is 215 g/mol. The van der Waals surface area contributed by atoms with Gasteiger partial charge in [-0.1, -0.05) is 12.1 Å². The molecule has 82 valence electrons. The van der Waals surface area contributed by atoms with E-state index < -0.39 is 0 Å². The quantitative estimate of drug-likeness (QED) is 0.712. The molecule has 3 N–H and O–H groups in total. The molecule has 0 atom stereocenters. The first-order valence-electron chi connectivity index (χ1n) is 5.34. The van der Waals surface area contributed by atoms with Crippen molar-refractivity contribution in [2.24, 2.45) is 0 Å². The summed E-state index contributed by atoms with van der Waals surface area (Å²) < 4.78 is 5.46. The molecule has 1 aliphatic rings. The van der Waals surface area contributed by atoms with E-state index in [4.69, 9.17) is 10.5 Å². The Morgan fingerprint density at radius 1 is 1.25 bits per heavy atom. The fourth-order valence-electron chi connectivity index (χ4n) is 1.99. The van der Waals surface area contributed by atoms with Gasteiger partial charge in [0.25, 0.3) is 0 Å². The molecule has 0 unspecified atom stereocenters. The van der Waals surface area contributed by atoms with Crippen molar-refractivity contribution < 1.29 is 4.74 Å². The lowest BCUT2D eigenvalue weighted by molar-refractivity contribution is 0.110. The van der Waals surface area contributed by atoms with Gasteiger partial charge in [-0.3, -0.25) is 5.10 Å². The number of rotatable bonds is 1. The van der Waals surface area contributed by atoms with Crippen molar-refractivity contribution >= 4 is 5.69 Å². The van der Waals surface area contributed by atoms with Crippen molar-refractivity contribution in [2.45, 2.75) is 13.0 Å². The van der Waals surface area contributed by atoms with E-state index in [1.165, 1.54) is 11.3 Å². The van der Waals surface area contributed by atoms with E-state index in [1.807, 2.05) is 24.3 Å². The zero-order valence-corrected chi connectivity index (χ0v) is 8.86. The third-order valence-corrected chi connectivity index (χ3v) is 2.88. The van der Waals surface area contributed by atoms with Gasteiger partial charge in [0.05, 0.1) is 18.9 Å². The highest BCUT2D eigenvalue weighted by atomic mass is 16.5. The minimum absolute atomic E-state index is 0.644. The minimum atomic E-state index is 0.644. The number of anilines is 1. The van der Waals surface area contributed by atoms with Crippen molar-refractivity contribution in [3.05, 3.63) is 35.5 Å². The van der Waals surface area contributed by atoms with E-state index in [-0.39, 0.29) is 0 Å². The largest absolute Gasteiger partial charge is 0.399 e. The third-order valence-electron chi connectivity index (χ3n) is 2.88. The van der Waals surface area contributed by atoms with E-state index in [0.717, 1.165) is 30.0 Å². The van der Waals surface area contributed by atoms with Gasteiger partial charge in [-0.05, 0) is 12.1 Å². The number of H-pyrrole nitrogens is 1. The summed E-state index contributed by atoms with van der Waals surface area (Å²) in [5.74, 6) is 0. The smallest absolute Gasteiger partial charge is 0.0978 e. The van der Waals surface area contributed by atoms with E-state index in [1.54, 1.807) is 0 Å². The summed E-state index contributed by atoms with van der Waals surface area (Å²) in [5.41, 5.74) is 10.9. The highest BCUT2D eigenvalue weighted by Crippen LogP contribution is 2.27. The number of nitrogens with one attached hydrogen (secondary N) is 1. The van der Waals surface area contributed by atoms with Crippen LogP contribution >= 0.6 is 0 Å². The Morgan fingerprint density at radius 2 is 2.06 bits per heavy atom. The first kappa shape index (κ1) is 9.42. The molecule has 1 aliphatic heterocycles. The summed E-state index contributed by atoms with van der Waals surface area (Å²) in [6.45, 7) is 1.42. The van der Waals surface area contributed by atoms with Gasteiger partial charge in [0, 0.05) is 28.9 Å². The Labute approximate surface area is 93.4 Å². The Kier molecular flexibility index (Phi) is 2.15. The van der Waals surface area contributed by atoms with Crippen LogP contribution in [0.2, 0.25) is 0 Å². The van der Waals surface area contributed by atoms with E-state index in [2.05, 4.69) is 10.2 Å². The Balaban J connectivity index is 2.06. The summed E-state index contributed by atoms with van der Waals surface area (Å²) in [4.78, 5) is 0. The van der Waals surface area contributed by atoms with E-state index in [0.29, 0.717) is 6.61 Å². The zero-order chi connectivity index (χ0) is 11.0. The molecule has 2 heterocycles. The van der Waals surface area contributed by atoms with Crippen molar-refractivity contribution in [3.63, 3.8) is 0 Å². The van der Waals surface area contributed by atoms with Gasteiger partial charge in [0.1, 0.15) is 0 Å². The van der Waals surface area contributed by atoms with Crippen LogP contribution in [0.15, 0.2) is 24.3 Å². The van der Waals surface area contributed by atoms with Crippen LogP contribution in [-0.2, 0) is 17.8 Å². The number of aromatic amines is 1. The molecule has 1 aromatic heterocycles. The number of nitrogens with zero attached hydrogens (tertiary/aromatic N) is 1. The molecule has 0 aliphatic carbocycles. The summed E-state index contributed by atoms with van der Waals surface area (Å²) >= 11 is 0. The molecule has 0 bridgehead atoms. The molecule has 0 fully saturated rings. The lowest BCUT2D eigenvalue weighted by Crippen LogP contribution is -2.08. The number of nitrogens with two attached hydrogens (primary N) is 1. The predicted molar refractivity (Wildman–Crippen MR) is 61.8 cm³/mol.